The van der Waals surface area contributed by atoms with Gasteiger partial charge in [-0.3, -0.25) is 0 Å². The van der Waals surface area contributed by atoms with Gasteiger partial charge in [0.1, 0.15) is 0 Å². The Morgan fingerprint density at radius 2 is 1.82 bits per heavy atom. The monoisotopic (exact) mass is 369 g/mol. The van der Waals surface area contributed by atoms with Crippen molar-refractivity contribution in [1.29, 1.82) is 0 Å². The minimum absolute atomic E-state index is 0.255. The third-order valence-corrected chi connectivity index (χ3v) is 4.30. The van der Waals surface area contributed by atoms with Crippen LogP contribution in [0.4, 0.5) is 13.2 Å². The minimum Gasteiger partial charge on any atom is -0.330 e. The number of allylic oxidation sites excluding steroid dienone is 4. The molecular weight excluding hydrogens is 358 g/mol. The Bertz CT molecular complexity index is 623. The van der Waals surface area contributed by atoms with Gasteiger partial charge in [-0.1, -0.05) is 29.3 Å². The first-order valence-electron chi connectivity index (χ1n) is 6.52. The van der Waals surface area contributed by atoms with Crippen LogP contribution in [0.5, 0.6) is 0 Å². The van der Waals surface area contributed by atoms with E-state index in [2.05, 4.69) is 0 Å². The highest BCUT2D eigenvalue weighted by molar-refractivity contribution is 6.37. The smallest absolute Gasteiger partial charge is 0.330 e. The van der Waals surface area contributed by atoms with E-state index in [1.54, 1.807) is 12.1 Å². The van der Waals surface area contributed by atoms with Crippen LogP contribution >= 0.6 is 34.8 Å². The van der Waals surface area contributed by atoms with Gasteiger partial charge in [0, 0.05) is 16.0 Å². The molecule has 1 aromatic carbocycles. The number of hydrogen-bond donors (Lipinski definition) is 1. The molecule has 1 aromatic rings. The number of hydrogen-bond acceptors (Lipinski definition) is 1. The zero-order valence-corrected chi connectivity index (χ0v) is 13.6. The molecule has 0 bridgehead atoms. The molecular formula is C15H13Cl3F3N. The van der Waals surface area contributed by atoms with Gasteiger partial charge in [-0.2, -0.15) is 13.2 Å². The summed E-state index contributed by atoms with van der Waals surface area (Å²) >= 11 is 18.2. The maximum Gasteiger partial charge on any atom is 0.416 e. The minimum atomic E-state index is -4.44. The lowest BCUT2D eigenvalue weighted by Crippen LogP contribution is -2.17. The van der Waals surface area contributed by atoms with Crippen molar-refractivity contribution >= 4 is 34.8 Å². The van der Waals surface area contributed by atoms with Crippen LogP contribution < -0.4 is 5.73 Å². The second kappa shape index (κ2) is 6.83. The molecule has 2 rings (SSSR count). The lowest BCUT2D eigenvalue weighted by Gasteiger charge is -2.25. The van der Waals surface area contributed by atoms with Crippen LogP contribution in [-0.2, 0) is 12.6 Å². The van der Waals surface area contributed by atoms with Gasteiger partial charge >= 0.3 is 6.18 Å². The molecule has 0 heterocycles. The Balaban J connectivity index is 2.50. The Hall–Kier alpha value is -0.680. The largest absolute Gasteiger partial charge is 0.416 e. The Morgan fingerprint density at radius 3 is 2.36 bits per heavy atom. The Labute approximate surface area is 141 Å². The van der Waals surface area contributed by atoms with Crippen LogP contribution in [0.3, 0.4) is 0 Å². The molecule has 7 heteroatoms. The Kier molecular flexibility index (Phi) is 5.49. The fraction of sp³-hybridized carbons (Fsp3) is 0.333. The molecule has 0 radical (unpaired) electrons. The molecule has 2 unspecified atom stereocenters. The molecule has 2 atom stereocenters. The Morgan fingerprint density at radius 1 is 1.14 bits per heavy atom. The fourth-order valence-corrected chi connectivity index (χ4v) is 3.62. The molecule has 22 heavy (non-hydrogen) atoms. The van der Waals surface area contributed by atoms with Crippen LogP contribution in [-0.4, -0.2) is 11.9 Å². The molecule has 0 aromatic heterocycles. The number of benzene rings is 1. The highest BCUT2D eigenvalue weighted by Crippen LogP contribution is 2.41. The molecule has 0 aliphatic heterocycles. The first-order valence-corrected chi connectivity index (χ1v) is 7.71. The lowest BCUT2D eigenvalue weighted by molar-refractivity contribution is -0.137. The van der Waals surface area contributed by atoms with E-state index in [0.29, 0.717) is 27.6 Å². The standard InChI is InChI=1S/C15H13Cl3F3N/c16-11-6-12(17)14(13(18)7-11)9-3-8(1-2-22)4-10(5-9)15(19,20)21/h3-7,12,14H,1-2,22H2. The molecule has 0 fully saturated rings. The summed E-state index contributed by atoms with van der Waals surface area (Å²) in [5, 5.41) is 0.0696. The van der Waals surface area contributed by atoms with Crippen LogP contribution in [0.2, 0.25) is 0 Å². The van der Waals surface area contributed by atoms with Crippen LogP contribution in [0, 0.1) is 0 Å². The average Bonchev–Trinajstić information content (AvgIpc) is 2.36. The van der Waals surface area contributed by atoms with Gasteiger partial charge < -0.3 is 5.73 Å². The van der Waals surface area contributed by atoms with Crippen molar-refractivity contribution in [2.45, 2.75) is 23.9 Å². The molecule has 0 saturated heterocycles. The second-order valence-electron chi connectivity index (χ2n) is 5.00. The summed E-state index contributed by atoms with van der Waals surface area (Å²) < 4.78 is 39.2. The predicted octanol–water partition coefficient (Wildman–Crippen LogP) is 5.16. The molecule has 0 spiro atoms. The van der Waals surface area contributed by atoms with Gasteiger partial charge in [-0.25, -0.2) is 0 Å². The highest BCUT2D eigenvalue weighted by atomic mass is 35.5. The van der Waals surface area contributed by atoms with E-state index in [4.69, 9.17) is 40.5 Å². The summed E-state index contributed by atoms with van der Waals surface area (Å²) in [7, 11) is 0. The first-order chi connectivity index (χ1) is 10.2. The molecule has 1 aliphatic rings. The normalized spacial score (nSPS) is 22.3. The van der Waals surface area contributed by atoms with Gasteiger partial charge in [-0.15, -0.1) is 11.6 Å². The van der Waals surface area contributed by atoms with E-state index < -0.39 is 23.0 Å². The molecule has 1 nitrogen and oxygen atoms in total. The van der Waals surface area contributed by atoms with Crippen LogP contribution in [0.25, 0.3) is 0 Å². The number of halogens is 6. The molecule has 0 saturated carbocycles. The second-order valence-corrected chi connectivity index (χ2v) is 6.38. The summed E-state index contributed by atoms with van der Waals surface area (Å²) in [5.74, 6) is -0.565. The first kappa shape index (κ1) is 17.7. The molecule has 120 valence electrons. The molecule has 2 N–H and O–H groups in total. The average molecular weight is 371 g/mol. The summed E-state index contributed by atoms with van der Waals surface area (Å²) in [6, 6.07) is 3.83. The van der Waals surface area contributed by atoms with Gasteiger partial charge in [0.25, 0.3) is 0 Å². The van der Waals surface area contributed by atoms with Crippen molar-refractivity contribution in [3.63, 3.8) is 0 Å². The van der Waals surface area contributed by atoms with Gasteiger partial charge in [-0.05, 0) is 48.4 Å². The molecule has 1 aliphatic carbocycles. The third-order valence-electron chi connectivity index (χ3n) is 3.34. The molecule has 0 amide bonds. The summed E-state index contributed by atoms with van der Waals surface area (Å²) in [4.78, 5) is 0. The highest BCUT2D eigenvalue weighted by Gasteiger charge is 2.33. The van der Waals surface area contributed by atoms with Crippen molar-refractivity contribution in [2.75, 3.05) is 6.54 Å². The van der Waals surface area contributed by atoms with Crippen molar-refractivity contribution in [2.24, 2.45) is 5.73 Å². The van der Waals surface area contributed by atoms with E-state index >= 15 is 0 Å². The van der Waals surface area contributed by atoms with Crippen molar-refractivity contribution in [3.8, 4) is 0 Å². The number of alkyl halides is 4. The fourth-order valence-electron chi connectivity index (χ4n) is 2.39. The van der Waals surface area contributed by atoms with Crippen molar-refractivity contribution < 1.29 is 13.2 Å². The third kappa shape index (κ3) is 3.99. The SMILES string of the molecule is NCCc1cc(C2C(Cl)=CC(Cl)=CC2Cl)cc(C(F)(F)F)c1. The zero-order valence-electron chi connectivity index (χ0n) is 11.3. The lowest BCUT2D eigenvalue weighted by atomic mass is 9.88. The van der Waals surface area contributed by atoms with Gasteiger partial charge in [0.15, 0.2) is 0 Å². The summed E-state index contributed by atoms with van der Waals surface area (Å²) in [6.07, 6.45) is -1.05. The van der Waals surface area contributed by atoms with Crippen molar-refractivity contribution in [3.05, 3.63) is 57.1 Å². The van der Waals surface area contributed by atoms with E-state index in [9.17, 15) is 13.2 Å². The van der Waals surface area contributed by atoms with E-state index in [1.165, 1.54) is 6.08 Å². The maximum atomic E-state index is 13.1. The van der Waals surface area contributed by atoms with E-state index in [0.717, 1.165) is 12.1 Å². The zero-order chi connectivity index (χ0) is 16.5. The quantitative estimate of drug-likeness (QED) is 0.731. The maximum absolute atomic E-state index is 13.1. The van der Waals surface area contributed by atoms with E-state index in [-0.39, 0.29) is 6.54 Å². The van der Waals surface area contributed by atoms with Gasteiger partial charge in [0.05, 0.1) is 10.9 Å². The number of nitrogens with two attached hydrogens (primary N) is 1. The summed E-state index contributed by atoms with van der Waals surface area (Å²) in [6.45, 7) is 0.255. The van der Waals surface area contributed by atoms with Crippen molar-refractivity contribution in [1.82, 2.24) is 0 Å². The number of rotatable bonds is 3. The van der Waals surface area contributed by atoms with Crippen LogP contribution in [0.15, 0.2) is 40.4 Å². The topological polar surface area (TPSA) is 26.0 Å². The van der Waals surface area contributed by atoms with Gasteiger partial charge in [0.2, 0.25) is 0 Å². The van der Waals surface area contributed by atoms with E-state index in [1.807, 2.05) is 0 Å². The van der Waals surface area contributed by atoms with Crippen LogP contribution in [0.1, 0.15) is 22.6 Å². The summed E-state index contributed by atoms with van der Waals surface area (Å²) in [5.41, 5.74) is 5.62. The predicted molar refractivity (Wildman–Crippen MR) is 84.5 cm³/mol.